The van der Waals surface area contributed by atoms with Crippen LogP contribution in [0.2, 0.25) is 0 Å². The first kappa shape index (κ1) is 27.6. The lowest BCUT2D eigenvalue weighted by Gasteiger charge is -2.22. The number of aliphatic imine (C=N–C) groups is 2. The number of nitrogens with one attached hydrogen (secondary N) is 1. The summed E-state index contributed by atoms with van der Waals surface area (Å²) in [6.45, 7) is 8.59. The molecule has 0 amide bonds. The lowest BCUT2D eigenvalue weighted by Crippen LogP contribution is -2.41. The molecular weight excluding hydrogens is 501 g/mol. The number of nitrogens with zero attached hydrogens (tertiary/aromatic N) is 6. The Morgan fingerprint density at radius 2 is 1.92 bits per heavy atom. The summed E-state index contributed by atoms with van der Waals surface area (Å²) in [5.74, 6) is -0.146. The molecule has 11 nitrogen and oxygen atoms in total. The second kappa shape index (κ2) is 11.8. The quantitative estimate of drug-likeness (QED) is 0.313. The molecule has 3 rings (SSSR count). The van der Waals surface area contributed by atoms with Crippen molar-refractivity contribution in [2.24, 2.45) is 9.98 Å². The van der Waals surface area contributed by atoms with E-state index in [0.717, 1.165) is 5.57 Å². The zero-order valence-electron chi connectivity index (χ0n) is 21.1. The minimum Gasteiger partial charge on any atom is -0.481 e. The number of halogens is 1. The second-order valence-corrected chi connectivity index (χ2v) is 10.1. The Hall–Kier alpha value is -3.97. The highest BCUT2D eigenvalue weighted by atomic mass is 32.2. The topological polar surface area (TPSA) is 133 Å². The van der Waals surface area contributed by atoms with E-state index >= 15 is 0 Å². The van der Waals surface area contributed by atoms with E-state index in [9.17, 15) is 12.8 Å². The Morgan fingerprint density at radius 3 is 2.54 bits per heavy atom. The molecule has 2 aromatic heterocycles. The van der Waals surface area contributed by atoms with Crippen LogP contribution in [0.3, 0.4) is 0 Å². The van der Waals surface area contributed by atoms with Crippen LogP contribution in [0.1, 0.15) is 20.8 Å². The molecule has 0 fully saturated rings. The van der Waals surface area contributed by atoms with Crippen molar-refractivity contribution in [1.29, 1.82) is 0 Å². The van der Waals surface area contributed by atoms with Gasteiger partial charge in [-0.1, -0.05) is 17.7 Å². The van der Waals surface area contributed by atoms with Gasteiger partial charge in [-0.15, -0.1) is 10.2 Å². The molecule has 0 spiro atoms. The highest BCUT2D eigenvalue weighted by Gasteiger charge is 2.35. The monoisotopic (exact) mass is 529 g/mol. The number of sulfonamides is 1. The van der Waals surface area contributed by atoms with Crippen LogP contribution in [0.15, 0.2) is 64.2 Å². The van der Waals surface area contributed by atoms with Crippen LogP contribution in [-0.2, 0) is 14.8 Å². The van der Waals surface area contributed by atoms with E-state index in [-0.39, 0.29) is 23.3 Å². The molecule has 13 heteroatoms. The van der Waals surface area contributed by atoms with Gasteiger partial charge in [0.1, 0.15) is 22.9 Å². The summed E-state index contributed by atoms with van der Waals surface area (Å²) in [4.78, 5) is 12.4. The van der Waals surface area contributed by atoms with Gasteiger partial charge in [-0.05, 0) is 51.8 Å². The Kier molecular flexibility index (Phi) is 8.84. The number of hydrogen-bond donors (Lipinski definition) is 1. The maximum absolute atomic E-state index is 14.1. The molecule has 0 bridgehead atoms. The van der Waals surface area contributed by atoms with Crippen LogP contribution >= 0.6 is 0 Å². The van der Waals surface area contributed by atoms with Gasteiger partial charge in [0.25, 0.3) is 0 Å². The summed E-state index contributed by atoms with van der Waals surface area (Å²) in [6, 6.07) is 10.5. The van der Waals surface area contributed by atoms with Gasteiger partial charge in [-0.2, -0.15) is 0 Å². The van der Waals surface area contributed by atoms with E-state index in [1.807, 2.05) is 13.8 Å². The largest absolute Gasteiger partial charge is 0.481 e. The van der Waals surface area contributed by atoms with Crippen molar-refractivity contribution in [1.82, 2.24) is 19.7 Å². The van der Waals surface area contributed by atoms with E-state index in [0.29, 0.717) is 11.6 Å². The fourth-order valence-electron chi connectivity index (χ4n) is 3.32. The summed E-state index contributed by atoms with van der Waals surface area (Å²) in [6.07, 6.45) is 0.493. The molecule has 3 aromatic rings. The van der Waals surface area contributed by atoms with Crippen LogP contribution in [0.25, 0.3) is 17.2 Å². The fraction of sp³-hybridized carbons (Fsp3) is 0.292. The number of ether oxygens (including phenoxy) is 2. The number of allylic oxidation sites excluding steroid dienone is 1. The van der Waals surface area contributed by atoms with Gasteiger partial charge in [0.05, 0.1) is 12.8 Å². The highest BCUT2D eigenvalue weighted by Crippen LogP contribution is 2.27. The van der Waals surface area contributed by atoms with Crippen LogP contribution in [0.5, 0.6) is 5.88 Å². The predicted octanol–water partition coefficient (Wildman–Crippen LogP) is 3.65. The average molecular weight is 530 g/mol. The van der Waals surface area contributed by atoms with E-state index in [2.05, 4.69) is 36.6 Å². The van der Waals surface area contributed by atoms with Crippen LogP contribution in [-0.4, -0.2) is 66.3 Å². The molecule has 0 saturated heterocycles. The lowest BCUT2D eigenvalue weighted by molar-refractivity contribution is 0.154. The Morgan fingerprint density at radius 1 is 1.19 bits per heavy atom. The minimum absolute atomic E-state index is 0.0921. The Bertz CT molecular complexity index is 1430. The first-order chi connectivity index (χ1) is 17.6. The van der Waals surface area contributed by atoms with Gasteiger partial charge in [-0.25, -0.2) is 27.8 Å². The number of aromatic nitrogens is 4. The molecule has 2 atom stereocenters. The zero-order chi connectivity index (χ0) is 27.2. The highest BCUT2D eigenvalue weighted by molar-refractivity contribution is 7.93. The molecule has 1 aromatic carbocycles. The lowest BCUT2D eigenvalue weighted by atomic mass is 10.2. The summed E-state index contributed by atoms with van der Waals surface area (Å²) < 4.78 is 55.4. The number of rotatable bonds is 10. The third kappa shape index (κ3) is 6.43. The van der Waals surface area contributed by atoms with Crippen molar-refractivity contribution in [3.05, 3.63) is 60.1 Å². The van der Waals surface area contributed by atoms with Crippen molar-refractivity contribution in [2.45, 2.75) is 32.1 Å². The van der Waals surface area contributed by atoms with Gasteiger partial charge < -0.3 is 9.47 Å². The number of amidine groups is 1. The molecule has 0 unspecified atom stereocenters. The third-order valence-electron chi connectivity index (χ3n) is 5.17. The molecule has 0 aliphatic carbocycles. The summed E-state index contributed by atoms with van der Waals surface area (Å²) in [5, 5.41) is 6.99. The summed E-state index contributed by atoms with van der Waals surface area (Å²) in [7, 11) is -1.36. The van der Waals surface area contributed by atoms with Gasteiger partial charge in [0.15, 0.2) is 11.7 Å². The van der Waals surface area contributed by atoms with Gasteiger partial charge in [0, 0.05) is 19.4 Å². The van der Waals surface area contributed by atoms with E-state index in [4.69, 9.17) is 9.47 Å². The first-order valence-electron chi connectivity index (χ1n) is 11.1. The molecule has 0 aliphatic heterocycles. The molecule has 37 heavy (non-hydrogen) atoms. The summed E-state index contributed by atoms with van der Waals surface area (Å²) >= 11 is 0. The van der Waals surface area contributed by atoms with Gasteiger partial charge >= 0.3 is 0 Å². The standard InChI is InChI=1S/C24H28FN7O4S/c1-15(2)14-27-22(26-4)21(36-6)16(3)37(33,34)31-24-30-29-23(19-11-8-12-20(28-19)35-5)32(24)18-10-7-9-17(25)13-18/h7-14,16,21H,4H2,1-3,5-6H3,(H,30,31)/t16-,21-/m0/s1. The minimum atomic E-state index is -4.17. The molecule has 196 valence electrons. The summed E-state index contributed by atoms with van der Waals surface area (Å²) in [5.41, 5.74) is 1.49. The number of methoxy groups -OCH3 is 2. The van der Waals surface area contributed by atoms with E-state index in [1.165, 1.54) is 50.1 Å². The van der Waals surface area contributed by atoms with Crippen LogP contribution in [0, 0.1) is 5.82 Å². The molecule has 0 saturated carbocycles. The second-order valence-electron chi connectivity index (χ2n) is 8.09. The Balaban J connectivity index is 2.09. The smallest absolute Gasteiger partial charge is 0.243 e. The number of pyridine rings is 1. The van der Waals surface area contributed by atoms with Gasteiger partial charge in [-0.3, -0.25) is 9.29 Å². The Labute approximate surface area is 214 Å². The molecule has 0 aliphatic rings. The third-order valence-corrected chi connectivity index (χ3v) is 6.86. The molecule has 1 N–H and O–H groups in total. The normalized spacial score (nSPS) is 13.5. The number of benzene rings is 1. The van der Waals surface area contributed by atoms with E-state index in [1.54, 1.807) is 24.3 Å². The van der Waals surface area contributed by atoms with Crippen molar-refractivity contribution < 1.29 is 22.3 Å². The van der Waals surface area contributed by atoms with E-state index < -0.39 is 27.2 Å². The average Bonchev–Trinajstić information content (AvgIpc) is 3.28. The number of anilines is 1. The van der Waals surface area contributed by atoms with Crippen LogP contribution < -0.4 is 9.46 Å². The predicted molar refractivity (Wildman–Crippen MR) is 140 cm³/mol. The zero-order valence-corrected chi connectivity index (χ0v) is 21.9. The SMILES string of the molecule is C=NC(=NC=C(C)C)[C@@H](OC)[C@H](C)S(=O)(=O)Nc1nnc(-c2cccc(OC)n2)n1-c1cccc(F)c1. The molecular formula is C24H28FN7O4S. The maximum atomic E-state index is 14.1. The molecule has 0 radical (unpaired) electrons. The first-order valence-corrected chi connectivity index (χ1v) is 12.6. The van der Waals surface area contributed by atoms with Gasteiger partial charge in [0.2, 0.25) is 21.9 Å². The van der Waals surface area contributed by atoms with Crippen LogP contribution in [0.4, 0.5) is 10.3 Å². The van der Waals surface area contributed by atoms with Crippen molar-refractivity contribution >= 4 is 28.5 Å². The van der Waals surface area contributed by atoms with Crippen molar-refractivity contribution in [3.8, 4) is 23.1 Å². The fourth-order valence-corrected chi connectivity index (χ4v) is 4.45. The maximum Gasteiger partial charge on any atom is 0.243 e. The molecule has 2 heterocycles. The van der Waals surface area contributed by atoms with Crippen molar-refractivity contribution in [2.75, 3.05) is 18.9 Å². The number of hydrogen-bond acceptors (Lipinski definition) is 8. The van der Waals surface area contributed by atoms with Crippen molar-refractivity contribution in [3.63, 3.8) is 0 Å².